The van der Waals surface area contributed by atoms with Gasteiger partial charge in [-0.25, -0.2) is 8.78 Å². The fourth-order valence-electron chi connectivity index (χ4n) is 2.89. The van der Waals surface area contributed by atoms with Crippen LogP contribution in [0.4, 0.5) is 8.78 Å². The molecule has 4 heteroatoms. The topological polar surface area (TPSA) is 21.3 Å². The Bertz CT molecular complexity index is 458. The van der Waals surface area contributed by atoms with E-state index in [1.807, 2.05) is 6.92 Å². The van der Waals surface area contributed by atoms with Crippen LogP contribution in [0, 0.1) is 18.6 Å². The lowest BCUT2D eigenvalue weighted by Gasteiger charge is -2.22. The lowest BCUT2D eigenvalue weighted by molar-refractivity contribution is 0.0993. The fourth-order valence-corrected chi connectivity index (χ4v) is 2.89. The summed E-state index contributed by atoms with van der Waals surface area (Å²) in [4.78, 5) is 0. The Morgan fingerprint density at radius 2 is 2.19 bits per heavy atom. The van der Waals surface area contributed by atoms with Gasteiger partial charge < -0.3 is 10.1 Å². The van der Waals surface area contributed by atoms with Crippen LogP contribution in [0.2, 0.25) is 0 Å². The maximum Gasteiger partial charge on any atom is 0.133 e. The van der Waals surface area contributed by atoms with Gasteiger partial charge >= 0.3 is 0 Å². The molecule has 2 atom stereocenters. The first-order valence-electron chi connectivity index (χ1n) is 7.93. The first kappa shape index (κ1) is 16.4. The molecule has 1 saturated heterocycles. The summed E-state index contributed by atoms with van der Waals surface area (Å²) in [6.45, 7) is 5.29. The zero-order valence-corrected chi connectivity index (χ0v) is 12.9. The molecule has 0 radical (unpaired) electrons. The second-order valence-corrected chi connectivity index (χ2v) is 5.81. The van der Waals surface area contributed by atoms with Crippen LogP contribution in [0.25, 0.3) is 0 Å². The van der Waals surface area contributed by atoms with E-state index in [0.717, 1.165) is 38.8 Å². The van der Waals surface area contributed by atoms with Gasteiger partial charge in [0.05, 0.1) is 6.10 Å². The van der Waals surface area contributed by atoms with E-state index in [2.05, 4.69) is 5.32 Å². The van der Waals surface area contributed by atoms with Gasteiger partial charge in [-0.3, -0.25) is 0 Å². The number of benzene rings is 1. The molecule has 2 rings (SSSR count). The monoisotopic (exact) mass is 297 g/mol. The van der Waals surface area contributed by atoms with Gasteiger partial charge in [-0.1, -0.05) is 13.0 Å². The van der Waals surface area contributed by atoms with E-state index in [0.29, 0.717) is 12.0 Å². The van der Waals surface area contributed by atoms with Gasteiger partial charge in [-0.15, -0.1) is 0 Å². The average molecular weight is 297 g/mol. The van der Waals surface area contributed by atoms with Gasteiger partial charge in [0, 0.05) is 18.2 Å². The molecule has 118 valence electrons. The van der Waals surface area contributed by atoms with Gasteiger partial charge in [-0.05, 0) is 57.2 Å². The highest BCUT2D eigenvalue weighted by Crippen LogP contribution is 2.29. The van der Waals surface area contributed by atoms with Crippen molar-refractivity contribution in [3.8, 4) is 0 Å². The molecule has 0 saturated carbocycles. The zero-order chi connectivity index (χ0) is 15.2. The molecule has 1 fully saturated rings. The number of hydrogen-bond donors (Lipinski definition) is 1. The molecular weight excluding hydrogens is 272 g/mol. The molecule has 21 heavy (non-hydrogen) atoms. The Labute approximate surface area is 125 Å². The minimum absolute atomic E-state index is 0.182. The molecule has 1 heterocycles. The highest BCUT2D eigenvalue weighted by molar-refractivity contribution is 5.29. The normalized spacial score (nSPS) is 19.9. The van der Waals surface area contributed by atoms with Crippen LogP contribution in [0.15, 0.2) is 12.1 Å². The molecule has 0 aromatic heterocycles. The molecule has 1 N–H and O–H groups in total. The number of nitrogens with one attached hydrogen (secondary N) is 1. The molecule has 0 amide bonds. The third-order valence-electron chi connectivity index (χ3n) is 4.11. The van der Waals surface area contributed by atoms with E-state index in [1.54, 1.807) is 6.92 Å². The van der Waals surface area contributed by atoms with Crippen molar-refractivity contribution >= 4 is 0 Å². The van der Waals surface area contributed by atoms with Crippen molar-refractivity contribution in [3.05, 3.63) is 34.9 Å². The van der Waals surface area contributed by atoms with Crippen LogP contribution >= 0.6 is 0 Å². The summed E-state index contributed by atoms with van der Waals surface area (Å²) in [7, 11) is 0. The fraction of sp³-hybridized carbons (Fsp3) is 0.647. The molecule has 2 nitrogen and oxygen atoms in total. The number of halogens is 2. The summed E-state index contributed by atoms with van der Waals surface area (Å²) in [5.74, 6) is -0.880. The lowest BCUT2D eigenvalue weighted by atomic mass is 9.96. The van der Waals surface area contributed by atoms with Crippen LogP contribution < -0.4 is 5.32 Å². The molecule has 1 aromatic rings. The number of ether oxygens (including phenoxy) is 1. The molecule has 1 aromatic carbocycles. The highest BCUT2D eigenvalue weighted by Gasteiger charge is 2.23. The van der Waals surface area contributed by atoms with E-state index in [-0.39, 0.29) is 17.7 Å². The summed E-state index contributed by atoms with van der Waals surface area (Å²) >= 11 is 0. The van der Waals surface area contributed by atoms with Crippen molar-refractivity contribution < 1.29 is 13.5 Å². The van der Waals surface area contributed by atoms with Crippen molar-refractivity contribution in [2.24, 2.45) is 0 Å². The second kappa shape index (κ2) is 7.85. The van der Waals surface area contributed by atoms with Crippen molar-refractivity contribution in [1.29, 1.82) is 0 Å². The minimum Gasteiger partial charge on any atom is -0.378 e. The molecule has 0 bridgehead atoms. The third kappa shape index (κ3) is 4.24. The van der Waals surface area contributed by atoms with Crippen molar-refractivity contribution in [2.75, 3.05) is 13.2 Å². The predicted molar refractivity (Wildman–Crippen MR) is 80.3 cm³/mol. The van der Waals surface area contributed by atoms with Crippen LogP contribution in [-0.2, 0) is 4.74 Å². The summed E-state index contributed by atoms with van der Waals surface area (Å²) in [6, 6.07) is 2.57. The maximum absolute atomic E-state index is 14.3. The van der Waals surface area contributed by atoms with E-state index >= 15 is 0 Å². The Morgan fingerprint density at radius 3 is 2.86 bits per heavy atom. The minimum atomic E-state index is -0.459. The molecule has 1 aliphatic heterocycles. The predicted octanol–water partition coefficient (Wildman–Crippen LogP) is 4.27. The van der Waals surface area contributed by atoms with E-state index < -0.39 is 11.6 Å². The highest BCUT2D eigenvalue weighted by atomic mass is 19.1. The van der Waals surface area contributed by atoms with Crippen LogP contribution in [0.3, 0.4) is 0 Å². The second-order valence-electron chi connectivity index (χ2n) is 5.81. The first-order valence-corrected chi connectivity index (χ1v) is 7.93. The first-order chi connectivity index (χ1) is 10.1. The maximum atomic E-state index is 14.3. The van der Waals surface area contributed by atoms with E-state index in [1.165, 1.54) is 12.1 Å². The van der Waals surface area contributed by atoms with Gasteiger partial charge in [0.2, 0.25) is 0 Å². The van der Waals surface area contributed by atoms with Gasteiger partial charge in [0.1, 0.15) is 11.6 Å². The van der Waals surface area contributed by atoms with Gasteiger partial charge in [-0.2, -0.15) is 0 Å². The van der Waals surface area contributed by atoms with Crippen molar-refractivity contribution in [3.63, 3.8) is 0 Å². The Hall–Kier alpha value is -1.00. The van der Waals surface area contributed by atoms with Crippen LogP contribution in [-0.4, -0.2) is 19.3 Å². The third-order valence-corrected chi connectivity index (χ3v) is 4.11. The SMILES string of the molecule is CCCNC(CCC1CCCO1)c1c(F)ccc(C)c1F. The van der Waals surface area contributed by atoms with Gasteiger partial charge in [0.25, 0.3) is 0 Å². The van der Waals surface area contributed by atoms with Crippen molar-refractivity contribution in [2.45, 2.75) is 58.1 Å². The number of hydrogen-bond acceptors (Lipinski definition) is 2. The van der Waals surface area contributed by atoms with Crippen molar-refractivity contribution in [1.82, 2.24) is 5.32 Å². The molecule has 0 aliphatic carbocycles. The Balaban J connectivity index is 2.12. The van der Waals surface area contributed by atoms with Crippen LogP contribution in [0.5, 0.6) is 0 Å². The van der Waals surface area contributed by atoms with E-state index in [4.69, 9.17) is 4.74 Å². The molecule has 1 aliphatic rings. The average Bonchev–Trinajstić information content (AvgIpc) is 2.98. The summed E-state index contributed by atoms with van der Waals surface area (Å²) < 4.78 is 34.0. The molecule has 0 spiro atoms. The largest absolute Gasteiger partial charge is 0.378 e. The van der Waals surface area contributed by atoms with E-state index in [9.17, 15) is 8.78 Å². The van der Waals surface area contributed by atoms with Gasteiger partial charge in [0.15, 0.2) is 0 Å². The number of aryl methyl sites for hydroxylation is 1. The Morgan fingerprint density at radius 1 is 1.38 bits per heavy atom. The summed E-state index contributed by atoms with van der Waals surface area (Å²) in [5, 5.41) is 3.28. The summed E-state index contributed by atoms with van der Waals surface area (Å²) in [6.07, 6.45) is 4.86. The summed E-state index contributed by atoms with van der Waals surface area (Å²) in [5.41, 5.74) is 0.674. The Kier molecular flexibility index (Phi) is 6.12. The standard InChI is InChI=1S/C17H25F2NO/c1-3-10-20-15(9-7-13-5-4-11-21-13)16-14(18)8-6-12(2)17(16)19/h6,8,13,15,20H,3-5,7,9-11H2,1-2H3. The smallest absolute Gasteiger partial charge is 0.133 e. The molecule has 2 unspecified atom stereocenters. The quantitative estimate of drug-likeness (QED) is 0.811. The zero-order valence-electron chi connectivity index (χ0n) is 12.9. The van der Waals surface area contributed by atoms with Crippen LogP contribution in [0.1, 0.15) is 56.2 Å². The molecular formula is C17H25F2NO. The number of rotatable bonds is 7. The lowest BCUT2D eigenvalue weighted by Crippen LogP contribution is -2.25.